The van der Waals surface area contributed by atoms with Crippen LogP contribution in [0.15, 0.2) is 36.4 Å². The van der Waals surface area contributed by atoms with Crippen molar-refractivity contribution in [2.45, 2.75) is 68.3 Å². The zero-order valence-electron chi connectivity index (χ0n) is 22.8. The number of amides is 4. The summed E-state index contributed by atoms with van der Waals surface area (Å²) in [5.74, 6) is -4.41. The standard InChI is InChI=1S/C28H35FN4O7S/c1-33-13-7-3-2-4-8-17-16-28(17,26(36)32-41(38,39)19-11-12-19)31-24(34)20-14-18(15-21(20)25(33)35)40-27(37)30-23-10-6-5-9-22(23)29/h4-6,8-10,17-21H,2-3,7,11-16H2,1H3,(H,30,37)(H,31,34)(H,32,36). The number of para-hydroxylation sites is 1. The van der Waals surface area contributed by atoms with Crippen molar-refractivity contribution in [2.75, 3.05) is 18.9 Å². The van der Waals surface area contributed by atoms with Crippen LogP contribution in [0.4, 0.5) is 14.9 Å². The second kappa shape index (κ2) is 11.4. The molecule has 5 atom stereocenters. The van der Waals surface area contributed by atoms with Crippen molar-refractivity contribution in [3.05, 3.63) is 42.2 Å². The number of rotatable bonds is 5. The summed E-state index contributed by atoms with van der Waals surface area (Å²) in [6.07, 6.45) is 5.57. The summed E-state index contributed by atoms with van der Waals surface area (Å²) in [5.41, 5.74) is -1.51. The molecule has 5 unspecified atom stereocenters. The molecule has 0 bridgehead atoms. The molecule has 1 aromatic carbocycles. The van der Waals surface area contributed by atoms with E-state index in [4.69, 9.17) is 4.74 Å². The number of benzene rings is 1. The quantitative estimate of drug-likeness (QED) is 0.446. The summed E-state index contributed by atoms with van der Waals surface area (Å²) >= 11 is 0. The summed E-state index contributed by atoms with van der Waals surface area (Å²) in [7, 11) is -2.18. The second-order valence-electron chi connectivity index (χ2n) is 11.4. The number of nitrogens with zero attached hydrogens (tertiary/aromatic N) is 1. The maximum atomic E-state index is 14.0. The number of halogens is 1. The molecule has 0 spiro atoms. The highest BCUT2D eigenvalue weighted by atomic mass is 32.2. The van der Waals surface area contributed by atoms with Crippen LogP contribution < -0.4 is 15.4 Å². The Morgan fingerprint density at radius 2 is 1.85 bits per heavy atom. The summed E-state index contributed by atoms with van der Waals surface area (Å²) < 4.78 is 46.7. The van der Waals surface area contributed by atoms with E-state index in [1.54, 1.807) is 18.0 Å². The number of sulfonamides is 1. The molecule has 1 aromatic rings. The highest BCUT2D eigenvalue weighted by molar-refractivity contribution is 7.91. The Morgan fingerprint density at radius 3 is 2.59 bits per heavy atom. The molecule has 4 amide bonds. The van der Waals surface area contributed by atoms with Gasteiger partial charge in [-0.15, -0.1) is 0 Å². The van der Waals surface area contributed by atoms with E-state index >= 15 is 0 Å². The first-order chi connectivity index (χ1) is 19.5. The molecule has 0 radical (unpaired) electrons. The maximum Gasteiger partial charge on any atom is 0.411 e. The van der Waals surface area contributed by atoms with Gasteiger partial charge in [-0.1, -0.05) is 24.3 Å². The van der Waals surface area contributed by atoms with Gasteiger partial charge >= 0.3 is 6.09 Å². The molecule has 3 aliphatic carbocycles. The highest BCUT2D eigenvalue weighted by Crippen LogP contribution is 2.47. The van der Waals surface area contributed by atoms with Crippen LogP contribution in [0.3, 0.4) is 0 Å². The molecule has 1 aliphatic heterocycles. The van der Waals surface area contributed by atoms with E-state index in [2.05, 4.69) is 15.4 Å². The minimum atomic E-state index is -3.84. The summed E-state index contributed by atoms with van der Waals surface area (Å²) in [4.78, 5) is 54.6. The van der Waals surface area contributed by atoms with Gasteiger partial charge in [-0.05, 0) is 63.5 Å². The topological polar surface area (TPSA) is 151 Å². The van der Waals surface area contributed by atoms with Gasteiger partial charge in [0, 0.05) is 19.5 Å². The summed E-state index contributed by atoms with van der Waals surface area (Å²) in [6.45, 7) is 0.492. The highest BCUT2D eigenvalue weighted by Gasteiger charge is 2.62. The largest absolute Gasteiger partial charge is 0.446 e. The zero-order chi connectivity index (χ0) is 29.4. The van der Waals surface area contributed by atoms with Crippen molar-refractivity contribution in [1.29, 1.82) is 0 Å². The van der Waals surface area contributed by atoms with E-state index in [9.17, 15) is 32.0 Å². The molecule has 3 N–H and O–H groups in total. The first kappa shape index (κ1) is 29.0. The Bertz CT molecular complexity index is 1360. The van der Waals surface area contributed by atoms with Crippen LogP contribution in [0.2, 0.25) is 0 Å². The Balaban J connectivity index is 1.35. The lowest BCUT2D eigenvalue weighted by Gasteiger charge is -2.26. The number of nitrogens with one attached hydrogen (secondary N) is 3. The van der Waals surface area contributed by atoms with Crippen LogP contribution in [-0.2, 0) is 29.1 Å². The molecular weight excluding hydrogens is 555 g/mol. The van der Waals surface area contributed by atoms with Gasteiger partial charge in [0.15, 0.2) is 0 Å². The van der Waals surface area contributed by atoms with E-state index < -0.39 is 62.5 Å². The van der Waals surface area contributed by atoms with Crippen LogP contribution in [0.25, 0.3) is 0 Å². The van der Waals surface area contributed by atoms with E-state index in [1.807, 2.05) is 12.2 Å². The molecule has 3 saturated carbocycles. The normalized spacial score (nSPS) is 30.3. The lowest BCUT2D eigenvalue weighted by Crippen LogP contribution is -2.54. The fourth-order valence-electron chi connectivity index (χ4n) is 5.74. The molecule has 5 rings (SSSR count). The third-order valence-corrected chi connectivity index (χ3v) is 10.2. The predicted octanol–water partition coefficient (Wildman–Crippen LogP) is 2.45. The number of hydrogen-bond donors (Lipinski definition) is 3. The Labute approximate surface area is 238 Å². The van der Waals surface area contributed by atoms with Gasteiger partial charge in [0.2, 0.25) is 21.8 Å². The smallest absolute Gasteiger partial charge is 0.411 e. The van der Waals surface area contributed by atoms with Gasteiger partial charge in [0.1, 0.15) is 17.5 Å². The third kappa shape index (κ3) is 6.39. The van der Waals surface area contributed by atoms with E-state index in [1.165, 1.54) is 18.2 Å². The number of allylic oxidation sites excluding steroid dienone is 1. The van der Waals surface area contributed by atoms with Gasteiger partial charge in [0.25, 0.3) is 5.91 Å². The maximum absolute atomic E-state index is 14.0. The lowest BCUT2D eigenvalue weighted by atomic mass is 9.93. The molecule has 4 aliphatic rings. The minimum absolute atomic E-state index is 0.0132. The molecule has 0 saturated heterocycles. The van der Waals surface area contributed by atoms with Gasteiger partial charge in [-0.2, -0.15) is 0 Å². The van der Waals surface area contributed by atoms with Crippen LogP contribution >= 0.6 is 0 Å². The van der Waals surface area contributed by atoms with Crippen LogP contribution in [0.5, 0.6) is 0 Å². The second-order valence-corrected chi connectivity index (χ2v) is 13.4. The van der Waals surface area contributed by atoms with E-state index in [-0.39, 0.29) is 36.8 Å². The Morgan fingerprint density at radius 1 is 1.12 bits per heavy atom. The number of anilines is 1. The predicted molar refractivity (Wildman–Crippen MR) is 146 cm³/mol. The molecule has 1 heterocycles. The molecular formula is C28H35FN4O7S. The van der Waals surface area contributed by atoms with E-state index in [0.29, 0.717) is 25.8 Å². The van der Waals surface area contributed by atoms with E-state index in [0.717, 1.165) is 12.8 Å². The van der Waals surface area contributed by atoms with Crippen molar-refractivity contribution in [1.82, 2.24) is 14.9 Å². The molecule has 0 aromatic heterocycles. The number of fused-ring (bicyclic) bond motifs is 2. The number of ether oxygens (including phenoxy) is 1. The third-order valence-electron chi connectivity index (χ3n) is 8.38. The van der Waals surface area contributed by atoms with Crippen LogP contribution in [0.1, 0.15) is 51.4 Å². The molecule has 41 heavy (non-hydrogen) atoms. The van der Waals surface area contributed by atoms with Crippen molar-refractivity contribution in [3.8, 4) is 0 Å². The minimum Gasteiger partial charge on any atom is -0.446 e. The first-order valence-corrected chi connectivity index (χ1v) is 15.6. The lowest BCUT2D eigenvalue weighted by molar-refractivity contribution is -0.140. The van der Waals surface area contributed by atoms with Crippen LogP contribution in [0, 0.1) is 23.6 Å². The first-order valence-electron chi connectivity index (χ1n) is 14.0. The molecule has 222 valence electrons. The monoisotopic (exact) mass is 590 g/mol. The Hall–Kier alpha value is -3.48. The molecule has 3 fully saturated rings. The van der Waals surface area contributed by atoms with Gasteiger partial charge in [-0.3, -0.25) is 24.4 Å². The number of hydrogen-bond acceptors (Lipinski definition) is 7. The average Bonchev–Trinajstić information content (AvgIpc) is 3.84. The van der Waals surface area contributed by atoms with Crippen molar-refractivity contribution < 1.29 is 36.7 Å². The number of carbonyl (C=O) groups is 4. The zero-order valence-corrected chi connectivity index (χ0v) is 23.6. The van der Waals surface area contributed by atoms with Gasteiger partial charge in [0.05, 0.1) is 22.8 Å². The van der Waals surface area contributed by atoms with Crippen molar-refractivity contribution >= 4 is 39.5 Å². The summed E-state index contributed by atoms with van der Waals surface area (Å²) in [6, 6.07) is 5.60. The van der Waals surface area contributed by atoms with Gasteiger partial charge in [-0.25, -0.2) is 17.6 Å². The fourth-order valence-corrected chi connectivity index (χ4v) is 7.11. The van der Waals surface area contributed by atoms with Crippen molar-refractivity contribution in [3.63, 3.8) is 0 Å². The number of carbonyl (C=O) groups excluding carboxylic acids is 4. The Kier molecular flexibility index (Phi) is 8.09. The fraction of sp³-hybridized carbons (Fsp3) is 0.571. The van der Waals surface area contributed by atoms with Gasteiger partial charge < -0.3 is 15.0 Å². The average molecular weight is 591 g/mol. The molecule has 13 heteroatoms. The SMILES string of the molecule is CN1CCCCC=CC2CC2(C(=O)NS(=O)(=O)C2CC2)NC(=O)C2CC(OC(=O)Nc3ccccc3F)CC2C1=O. The van der Waals surface area contributed by atoms with Crippen LogP contribution in [-0.4, -0.2) is 67.6 Å². The molecule has 11 nitrogen and oxygen atoms in total. The van der Waals surface area contributed by atoms with Crippen molar-refractivity contribution in [2.24, 2.45) is 17.8 Å². The summed E-state index contributed by atoms with van der Waals surface area (Å²) in [5, 5.41) is 4.53.